The van der Waals surface area contributed by atoms with Crippen molar-refractivity contribution in [1.29, 1.82) is 0 Å². The third-order valence-electron chi connectivity index (χ3n) is 4.78. The van der Waals surface area contributed by atoms with Gasteiger partial charge in [0.05, 0.1) is 11.1 Å². The van der Waals surface area contributed by atoms with Crippen LogP contribution >= 0.6 is 15.9 Å². The zero-order valence-corrected chi connectivity index (χ0v) is 15.1. The largest absolute Gasteiger partial charge is 0.492 e. The Balaban J connectivity index is 1.89. The number of hydrogen-bond acceptors (Lipinski definition) is 2. The molecule has 0 bridgehead atoms. The molecule has 0 aromatic heterocycles. The van der Waals surface area contributed by atoms with Crippen LogP contribution in [0.5, 0.6) is 5.75 Å². The summed E-state index contributed by atoms with van der Waals surface area (Å²) in [4.78, 5) is 0. The van der Waals surface area contributed by atoms with E-state index in [0.29, 0.717) is 0 Å². The molecule has 1 heterocycles. The first-order chi connectivity index (χ1) is 10.0. The van der Waals surface area contributed by atoms with E-state index < -0.39 is 0 Å². The van der Waals surface area contributed by atoms with Gasteiger partial charge in [-0.3, -0.25) is 0 Å². The van der Waals surface area contributed by atoms with Crippen LogP contribution in [0.3, 0.4) is 0 Å². The molecule has 0 radical (unpaired) electrons. The summed E-state index contributed by atoms with van der Waals surface area (Å²) in [5, 5.41) is 3.46. The third kappa shape index (κ3) is 4.72. The molecule has 1 aliphatic heterocycles. The highest BCUT2D eigenvalue weighted by molar-refractivity contribution is 9.10. The highest BCUT2D eigenvalue weighted by atomic mass is 79.9. The fraction of sp³-hybridized carbons (Fsp3) is 0.667. The summed E-state index contributed by atoms with van der Waals surface area (Å²) < 4.78 is 7.04. The van der Waals surface area contributed by atoms with Crippen molar-refractivity contribution in [3.63, 3.8) is 0 Å². The molecule has 118 valence electrons. The summed E-state index contributed by atoms with van der Waals surface area (Å²) in [5.74, 6) is 1.74. The average Bonchev–Trinajstić information content (AvgIpc) is 2.50. The lowest BCUT2D eigenvalue weighted by atomic mass is 9.82. The summed E-state index contributed by atoms with van der Waals surface area (Å²) in [7, 11) is 0. The highest BCUT2D eigenvalue weighted by Gasteiger charge is 2.19. The Morgan fingerprint density at radius 2 is 2.19 bits per heavy atom. The standard InChI is InChI=1S/C18H28BrNO/c1-4-18(2,3)15-7-8-17(16(19)12-15)21-11-9-14-6-5-10-20-13-14/h7-8,12,14,20H,4-6,9-11,13H2,1-3H3/t14-/m1/s1. The second kappa shape index (κ2) is 7.64. The maximum atomic E-state index is 5.97. The van der Waals surface area contributed by atoms with Crippen LogP contribution in [0.4, 0.5) is 0 Å². The van der Waals surface area contributed by atoms with Gasteiger partial charge in [0.1, 0.15) is 5.75 Å². The lowest BCUT2D eigenvalue weighted by molar-refractivity contribution is 0.253. The zero-order valence-electron chi connectivity index (χ0n) is 13.5. The van der Waals surface area contributed by atoms with Crippen molar-refractivity contribution in [3.05, 3.63) is 28.2 Å². The van der Waals surface area contributed by atoms with Crippen molar-refractivity contribution < 1.29 is 4.74 Å². The second-order valence-electron chi connectivity index (χ2n) is 6.73. The van der Waals surface area contributed by atoms with Gasteiger partial charge >= 0.3 is 0 Å². The normalized spacial score (nSPS) is 19.5. The molecule has 0 spiro atoms. The number of nitrogens with one attached hydrogen (secondary N) is 1. The molecule has 1 fully saturated rings. The molecule has 0 aliphatic carbocycles. The Morgan fingerprint density at radius 1 is 1.38 bits per heavy atom. The van der Waals surface area contributed by atoms with E-state index in [1.54, 1.807) is 0 Å². The topological polar surface area (TPSA) is 21.3 Å². The van der Waals surface area contributed by atoms with E-state index in [1.165, 1.54) is 24.9 Å². The van der Waals surface area contributed by atoms with Crippen LogP contribution < -0.4 is 10.1 Å². The number of benzene rings is 1. The minimum Gasteiger partial charge on any atom is -0.492 e. The lowest BCUT2D eigenvalue weighted by Crippen LogP contribution is -2.30. The third-order valence-corrected chi connectivity index (χ3v) is 5.40. The molecular weight excluding hydrogens is 326 g/mol. The molecule has 0 unspecified atom stereocenters. The van der Waals surface area contributed by atoms with E-state index in [2.05, 4.69) is 60.2 Å². The van der Waals surface area contributed by atoms with Crippen LogP contribution in [0.15, 0.2) is 22.7 Å². The molecular formula is C18H28BrNO. The van der Waals surface area contributed by atoms with Crippen molar-refractivity contribution in [3.8, 4) is 5.75 Å². The van der Waals surface area contributed by atoms with Crippen molar-refractivity contribution in [2.24, 2.45) is 5.92 Å². The van der Waals surface area contributed by atoms with E-state index in [-0.39, 0.29) is 5.41 Å². The first kappa shape index (κ1) is 16.8. The summed E-state index contributed by atoms with van der Waals surface area (Å²) in [6.07, 6.45) is 4.91. The van der Waals surface area contributed by atoms with Gasteiger partial charge in [0.2, 0.25) is 0 Å². The second-order valence-corrected chi connectivity index (χ2v) is 7.59. The van der Waals surface area contributed by atoms with Crippen LogP contribution in [-0.4, -0.2) is 19.7 Å². The van der Waals surface area contributed by atoms with Crippen LogP contribution in [0.2, 0.25) is 0 Å². The van der Waals surface area contributed by atoms with Crippen LogP contribution in [0.1, 0.15) is 52.0 Å². The van der Waals surface area contributed by atoms with Crippen molar-refractivity contribution in [2.45, 2.75) is 51.9 Å². The molecule has 2 rings (SSSR count). The molecule has 2 nitrogen and oxygen atoms in total. The maximum Gasteiger partial charge on any atom is 0.133 e. The quantitative estimate of drug-likeness (QED) is 0.784. The Morgan fingerprint density at radius 3 is 2.81 bits per heavy atom. The molecule has 1 atom stereocenters. The molecule has 1 aromatic rings. The number of hydrogen-bond donors (Lipinski definition) is 1. The molecule has 3 heteroatoms. The minimum absolute atomic E-state index is 0.217. The zero-order chi connectivity index (χ0) is 15.3. The maximum absolute atomic E-state index is 5.97. The number of piperidine rings is 1. The highest BCUT2D eigenvalue weighted by Crippen LogP contribution is 2.33. The molecule has 0 amide bonds. The fourth-order valence-electron chi connectivity index (χ4n) is 2.75. The van der Waals surface area contributed by atoms with E-state index in [9.17, 15) is 0 Å². The summed E-state index contributed by atoms with van der Waals surface area (Å²) >= 11 is 3.66. The molecule has 0 saturated carbocycles. The summed E-state index contributed by atoms with van der Waals surface area (Å²) in [6.45, 7) is 9.93. The van der Waals surface area contributed by atoms with E-state index in [1.807, 2.05) is 0 Å². The Kier molecular flexibility index (Phi) is 6.12. The van der Waals surface area contributed by atoms with Crippen LogP contribution in [0, 0.1) is 5.92 Å². The Hall–Kier alpha value is -0.540. The van der Waals surface area contributed by atoms with Gasteiger partial charge in [-0.25, -0.2) is 0 Å². The lowest BCUT2D eigenvalue weighted by Gasteiger charge is -2.24. The van der Waals surface area contributed by atoms with Gasteiger partial charge in [-0.15, -0.1) is 0 Å². The van der Waals surface area contributed by atoms with Crippen molar-refractivity contribution in [2.75, 3.05) is 19.7 Å². The first-order valence-corrected chi connectivity index (χ1v) is 8.96. The molecule has 1 aliphatic rings. The van der Waals surface area contributed by atoms with Gasteiger partial charge in [0.15, 0.2) is 0 Å². The van der Waals surface area contributed by atoms with Crippen molar-refractivity contribution >= 4 is 15.9 Å². The van der Waals surface area contributed by atoms with Crippen LogP contribution in [0.25, 0.3) is 0 Å². The van der Waals surface area contributed by atoms with Gasteiger partial charge in [0, 0.05) is 0 Å². The number of rotatable bonds is 6. The van der Waals surface area contributed by atoms with E-state index in [4.69, 9.17) is 4.74 Å². The summed E-state index contributed by atoms with van der Waals surface area (Å²) in [5.41, 5.74) is 1.58. The van der Waals surface area contributed by atoms with Gasteiger partial charge in [-0.05, 0) is 83.7 Å². The Bertz CT molecular complexity index is 453. The SMILES string of the molecule is CCC(C)(C)c1ccc(OCC[C@H]2CCCNC2)c(Br)c1. The van der Waals surface area contributed by atoms with Crippen LogP contribution in [-0.2, 0) is 5.41 Å². The predicted molar refractivity (Wildman–Crippen MR) is 93.2 cm³/mol. The predicted octanol–water partition coefficient (Wildman–Crippen LogP) is 4.91. The van der Waals surface area contributed by atoms with E-state index >= 15 is 0 Å². The van der Waals surface area contributed by atoms with Gasteiger partial charge in [-0.1, -0.05) is 26.8 Å². The number of halogens is 1. The van der Waals surface area contributed by atoms with Gasteiger partial charge in [0.25, 0.3) is 0 Å². The fourth-order valence-corrected chi connectivity index (χ4v) is 3.24. The minimum atomic E-state index is 0.217. The molecule has 1 saturated heterocycles. The molecule has 21 heavy (non-hydrogen) atoms. The number of ether oxygens (including phenoxy) is 1. The first-order valence-electron chi connectivity index (χ1n) is 8.16. The molecule has 1 N–H and O–H groups in total. The average molecular weight is 354 g/mol. The smallest absolute Gasteiger partial charge is 0.133 e. The van der Waals surface area contributed by atoms with Crippen molar-refractivity contribution in [1.82, 2.24) is 5.32 Å². The molecule has 1 aromatic carbocycles. The Labute approximate surface area is 137 Å². The summed E-state index contributed by atoms with van der Waals surface area (Å²) in [6, 6.07) is 6.52. The van der Waals surface area contributed by atoms with E-state index in [0.717, 1.165) is 42.1 Å². The van der Waals surface area contributed by atoms with Gasteiger partial charge in [-0.2, -0.15) is 0 Å². The van der Waals surface area contributed by atoms with Gasteiger partial charge < -0.3 is 10.1 Å². The monoisotopic (exact) mass is 353 g/mol.